The van der Waals surface area contributed by atoms with E-state index in [1.54, 1.807) is 11.8 Å². The number of hydrogen-bond acceptors (Lipinski definition) is 6. The summed E-state index contributed by atoms with van der Waals surface area (Å²) in [5, 5.41) is 4.33. The fraction of sp³-hybridized carbons (Fsp3) is 0.700. The molecule has 3 N–H and O–H groups in total. The predicted octanol–water partition coefficient (Wildman–Crippen LogP) is 2.53. The van der Waals surface area contributed by atoms with Gasteiger partial charge in [-0.15, -0.1) is 11.8 Å². The molecule has 0 spiro atoms. The molecular weight excluding hydrogens is 242 g/mol. The van der Waals surface area contributed by atoms with E-state index in [1.807, 2.05) is 6.26 Å². The van der Waals surface area contributed by atoms with Crippen LogP contribution in [0.2, 0.25) is 0 Å². The Kier molecular flexibility index (Phi) is 5.94. The summed E-state index contributed by atoms with van der Waals surface area (Å²) in [6.45, 7) is 6.60. The van der Waals surface area contributed by atoms with Crippen LogP contribution < -0.4 is 11.1 Å². The highest BCUT2D eigenvalue weighted by Gasteiger charge is 2.09. The van der Waals surface area contributed by atoms with Crippen molar-refractivity contribution < 1.29 is 4.74 Å². The molecule has 0 saturated heterocycles. The molecule has 16 heavy (non-hydrogen) atoms. The van der Waals surface area contributed by atoms with Gasteiger partial charge in [-0.25, -0.2) is 0 Å². The Hall–Kier alpha value is -0.460. The van der Waals surface area contributed by atoms with Gasteiger partial charge in [0.15, 0.2) is 5.82 Å². The lowest BCUT2D eigenvalue weighted by Crippen LogP contribution is -2.11. The zero-order valence-electron chi connectivity index (χ0n) is 9.95. The Morgan fingerprint density at radius 1 is 1.56 bits per heavy atom. The molecule has 0 unspecified atom stereocenters. The first-order chi connectivity index (χ1) is 7.65. The number of hydrogen-bond donors (Lipinski definition) is 2. The highest BCUT2D eigenvalue weighted by molar-refractivity contribution is 7.99. The number of aromatic nitrogens is 1. The number of nitrogens with one attached hydrogen (secondary N) is 1. The first-order valence-electron chi connectivity index (χ1n) is 5.26. The molecule has 1 rings (SSSR count). The second-order valence-corrected chi connectivity index (χ2v) is 5.42. The molecule has 0 aromatic carbocycles. The number of anilines is 2. The molecule has 0 radical (unpaired) electrons. The molecule has 0 saturated carbocycles. The average molecular weight is 261 g/mol. The van der Waals surface area contributed by atoms with Crippen LogP contribution in [-0.2, 0) is 4.74 Å². The SMILES string of the molecule is CSc1c(N)nsc1NCCOCC(C)C. The van der Waals surface area contributed by atoms with Crippen molar-refractivity contribution in [2.75, 3.05) is 37.1 Å². The lowest BCUT2D eigenvalue weighted by molar-refractivity contribution is 0.118. The molecule has 0 bridgehead atoms. The van der Waals surface area contributed by atoms with Gasteiger partial charge < -0.3 is 15.8 Å². The molecule has 0 aliphatic heterocycles. The van der Waals surface area contributed by atoms with Crippen molar-refractivity contribution in [3.63, 3.8) is 0 Å². The lowest BCUT2D eigenvalue weighted by Gasteiger charge is -2.08. The highest BCUT2D eigenvalue weighted by Crippen LogP contribution is 2.34. The quantitative estimate of drug-likeness (QED) is 0.583. The Labute approximate surface area is 105 Å². The summed E-state index contributed by atoms with van der Waals surface area (Å²) in [4.78, 5) is 1.04. The third kappa shape index (κ3) is 4.19. The third-order valence-electron chi connectivity index (χ3n) is 1.86. The Morgan fingerprint density at radius 3 is 2.94 bits per heavy atom. The van der Waals surface area contributed by atoms with Crippen LogP contribution in [-0.4, -0.2) is 30.4 Å². The molecule has 4 nitrogen and oxygen atoms in total. The molecule has 0 aliphatic rings. The minimum atomic E-state index is 0.584. The van der Waals surface area contributed by atoms with Crippen molar-refractivity contribution in [1.82, 2.24) is 4.37 Å². The van der Waals surface area contributed by atoms with Gasteiger partial charge in [-0.1, -0.05) is 13.8 Å². The van der Waals surface area contributed by atoms with Gasteiger partial charge in [0, 0.05) is 13.2 Å². The van der Waals surface area contributed by atoms with E-state index >= 15 is 0 Å². The summed E-state index contributed by atoms with van der Waals surface area (Å²) in [5.41, 5.74) is 5.73. The van der Waals surface area contributed by atoms with E-state index in [-0.39, 0.29) is 0 Å². The number of nitrogen functional groups attached to an aromatic ring is 1. The zero-order chi connectivity index (χ0) is 12.0. The van der Waals surface area contributed by atoms with Crippen molar-refractivity contribution in [2.24, 2.45) is 5.92 Å². The van der Waals surface area contributed by atoms with Gasteiger partial charge in [-0.05, 0) is 23.7 Å². The van der Waals surface area contributed by atoms with E-state index in [2.05, 4.69) is 23.5 Å². The number of thioether (sulfide) groups is 1. The van der Waals surface area contributed by atoms with Gasteiger partial charge in [0.1, 0.15) is 5.00 Å². The summed E-state index contributed by atoms with van der Waals surface area (Å²) in [6.07, 6.45) is 2.00. The molecule has 0 atom stereocenters. The fourth-order valence-corrected chi connectivity index (χ4v) is 2.73. The van der Waals surface area contributed by atoms with Crippen LogP contribution in [0.25, 0.3) is 0 Å². The van der Waals surface area contributed by atoms with Gasteiger partial charge in [0.05, 0.1) is 11.5 Å². The Bertz CT molecular complexity index is 315. The standard InChI is InChI=1S/C10H19N3OS2/c1-7(2)6-14-5-4-12-10-8(15-3)9(11)13-16-10/h7,12H,4-6H2,1-3H3,(H2,11,13). The minimum absolute atomic E-state index is 0.584. The summed E-state index contributed by atoms with van der Waals surface area (Å²) >= 11 is 3.02. The van der Waals surface area contributed by atoms with Crippen LogP contribution in [0.3, 0.4) is 0 Å². The second-order valence-electron chi connectivity index (χ2n) is 3.83. The summed E-state index contributed by atoms with van der Waals surface area (Å²) < 4.78 is 9.59. The largest absolute Gasteiger partial charge is 0.382 e. The summed E-state index contributed by atoms with van der Waals surface area (Å²) in [5.74, 6) is 1.20. The fourth-order valence-electron chi connectivity index (χ4n) is 1.16. The van der Waals surface area contributed by atoms with Crippen LogP contribution in [0, 0.1) is 5.92 Å². The van der Waals surface area contributed by atoms with Crippen LogP contribution in [0.1, 0.15) is 13.8 Å². The molecule has 0 amide bonds. The van der Waals surface area contributed by atoms with Crippen molar-refractivity contribution >= 4 is 34.1 Å². The number of nitrogens with two attached hydrogens (primary N) is 1. The summed E-state index contributed by atoms with van der Waals surface area (Å²) in [6, 6.07) is 0. The van der Waals surface area contributed by atoms with E-state index in [9.17, 15) is 0 Å². The van der Waals surface area contributed by atoms with E-state index in [4.69, 9.17) is 10.5 Å². The highest BCUT2D eigenvalue weighted by atomic mass is 32.2. The van der Waals surface area contributed by atoms with Gasteiger partial charge in [-0.2, -0.15) is 4.37 Å². The van der Waals surface area contributed by atoms with Gasteiger partial charge in [0.25, 0.3) is 0 Å². The Balaban J connectivity index is 2.26. The van der Waals surface area contributed by atoms with Crippen molar-refractivity contribution in [3.05, 3.63) is 0 Å². The van der Waals surface area contributed by atoms with E-state index in [0.717, 1.165) is 23.0 Å². The predicted molar refractivity (Wildman–Crippen MR) is 72.5 cm³/mol. The first-order valence-corrected chi connectivity index (χ1v) is 7.25. The van der Waals surface area contributed by atoms with Gasteiger partial charge >= 0.3 is 0 Å². The molecule has 0 aliphatic carbocycles. The van der Waals surface area contributed by atoms with Crippen molar-refractivity contribution in [3.8, 4) is 0 Å². The maximum Gasteiger partial charge on any atom is 0.153 e. The van der Waals surface area contributed by atoms with E-state index in [0.29, 0.717) is 18.3 Å². The topological polar surface area (TPSA) is 60.2 Å². The number of nitrogens with zero attached hydrogens (tertiary/aromatic N) is 1. The van der Waals surface area contributed by atoms with Crippen molar-refractivity contribution in [1.29, 1.82) is 0 Å². The number of ether oxygens (including phenoxy) is 1. The average Bonchev–Trinajstić information content (AvgIpc) is 2.58. The maximum atomic E-state index is 5.73. The van der Waals surface area contributed by atoms with Crippen LogP contribution in [0.5, 0.6) is 0 Å². The maximum absolute atomic E-state index is 5.73. The molecule has 1 heterocycles. The minimum Gasteiger partial charge on any atom is -0.382 e. The van der Waals surface area contributed by atoms with Gasteiger partial charge in [-0.3, -0.25) is 0 Å². The molecular formula is C10H19N3OS2. The van der Waals surface area contributed by atoms with Crippen LogP contribution in [0.15, 0.2) is 4.90 Å². The first kappa shape index (κ1) is 13.6. The smallest absolute Gasteiger partial charge is 0.153 e. The molecule has 92 valence electrons. The molecule has 0 fully saturated rings. The van der Waals surface area contributed by atoms with Gasteiger partial charge in [0.2, 0.25) is 0 Å². The third-order valence-corrected chi connectivity index (χ3v) is 3.63. The molecule has 1 aromatic rings. The van der Waals surface area contributed by atoms with Crippen LogP contribution in [0.4, 0.5) is 10.8 Å². The normalized spacial score (nSPS) is 11.0. The lowest BCUT2D eigenvalue weighted by atomic mass is 10.2. The van der Waals surface area contributed by atoms with Crippen LogP contribution >= 0.6 is 23.3 Å². The number of rotatable bonds is 7. The molecule has 6 heteroatoms. The molecule has 1 aromatic heterocycles. The zero-order valence-corrected chi connectivity index (χ0v) is 11.6. The summed E-state index contributed by atoms with van der Waals surface area (Å²) in [7, 11) is 0. The van der Waals surface area contributed by atoms with E-state index in [1.165, 1.54) is 11.5 Å². The monoisotopic (exact) mass is 261 g/mol. The Morgan fingerprint density at radius 2 is 2.31 bits per heavy atom. The van der Waals surface area contributed by atoms with Crippen molar-refractivity contribution in [2.45, 2.75) is 18.7 Å². The van der Waals surface area contributed by atoms with E-state index < -0.39 is 0 Å². The second kappa shape index (κ2) is 6.98.